The number of ether oxygens (including phenoxy) is 2. The lowest BCUT2D eigenvalue weighted by atomic mass is 9.87. The molecule has 2 atom stereocenters. The molecule has 14 heteroatoms. The van der Waals surface area contributed by atoms with Crippen LogP contribution in [0.5, 0.6) is 11.5 Å². The lowest BCUT2D eigenvalue weighted by molar-refractivity contribution is -0.145. The summed E-state index contributed by atoms with van der Waals surface area (Å²) in [5.41, 5.74) is 9.42. The standard InChI is InChI=1S/C45H44ClN7O6/c1-27-32(25-59-42-17-41(58-24-30-14-29(18-48)19-49-20-30)34(16-39(42)46)22-52-45(3,26-54)43(55)56)6-4-8-36(27)37-9-5-7-35(28(37)2)31-10-11-38-33(15-31)21-50-23-40(38)53-44(57)51-13-12-47/h4-11,14-17,19-20,40,50,52,54H,13,21-26H2,1-3H3,(H,55,56)(H2,51,53,57)/t40?,45-/m0/s1. The summed E-state index contributed by atoms with van der Waals surface area (Å²) in [5.74, 6) is -0.496. The minimum absolute atomic E-state index is 0.0117. The molecule has 1 aliphatic heterocycles. The third kappa shape index (κ3) is 9.80. The molecule has 5 aromatic rings. The molecule has 0 saturated heterocycles. The molecule has 1 unspecified atom stereocenters. The van der Waals surface area contributed by atoms with E-state index < -0.39 is 18.1 Å². The SMILES string of the molecule is Cc1c(COc2cc(OCc3cncc(C#N)c3)c(CN[C@@](C)(CO)C(=O)O)cc2Cl)cccc1-c1cccc(-c2ccc3c(c2)CNCC3NC(=O)NCC#N)c1C. The van der Waals surface area contributed by atoms with Crippen LogP contribution < -0.4 is 30.7 Å². The van der Waals surface area contributed by atoms with Crippen LogP contribution in [-0.2, 0) is 31.1 Å². The number of hydrogen-bond donors (Lipinski definition) is 6. The molecule has 302 valence electrons. The monoisotopic (exact) mass is 813 g/mol. The van der Waals surface area contributed by atoms with Gasteiger partial charge in [0.1, 0.15) is 42.9 Å². The van der Waals surface area contributed by atoms with Crippen molar-refractivity contribution in [3.05, 3.63) is 135 Å². The van der Waals surface area contributed by atoms with Gasteiger partial charge in [-0.15, -0.1) is 0 Å². The average molecular weight is 814 g/mol. The van der Waals surface area contributed by atoms with E-state index in [4.69, 9.17) is 26.3 Å². The van der Waals surface area contributed by atoms with E-state index in [1.54, 1.807) is 24.4 Å². The molecule has 6 rings (SSSR count). The summed E-state index contributed by atoms with van der Waals surface area (Å²) in [5, 5.41) is 49.7. The number of fused-ring (bicyclic) bond motifs is 1. The molecule has 2 heterocycles. The van der Waals surface area contributed by atoms with Crippen molar-refractivity contribution >= 4 is 23.6 Å². The van der Waals surface area contributed by atoms with Gasteiger partial charge in [-0.25, -0.2) is 4.79 Å². The van der Waals surface area contributed by atoms with Crippen molar-refractivity contribution < 1.29 is 29.3 Å². The summed E-state index contributed by atoms with van der Waals surface area (Å²) in [4.78, 5) is 28.3. The van der Waals surface area contributed by atoms with Gasteiger partial charge in [-0.2, -0.15) is 10.5 Å². The Morgan fingerprint density at radius 1 is 0.949 bits per heavy atom. The van der Waals surface area contributed by atoms with E-state index in [-0.39, 0.29) is 43.4 Å². The van der Waals surface area contributed by atoms with Crippen LogP contribution in [0.25, 0.3) is 22.3 Å². The fourth-order valence-corrected chi connectivity index (χ4v) is 7.19. The second-order valence-corrected chi connectivity index (χ2v) is 14.9. The number of nitrogens with one attached hydrogen (secondary N) is 4. The molecule has 2 amide bonds. The second kappa shape index (κ2) is 18.9. The summed E-state index contributed by atoms with van der Waals surface area (Å²) >= 11 is 6.77. The number of aliphatic hydroxyl groups is 1. The van der Waals surface area contributed by atoms with Crippen molar-refractivity contribution in [2.75, 3.05) is 19.7 Å². The van der Waals surface area contributed by atoms with E-state index in [1.165, 1.54) is 13.1 Å². The van der Waals surface area contributed by atoms with Gasteiger partial charge in [0.2, 0.25) is 0 Å². The van der Waals surface area contributed by atoms with Crippen molar-refractivity contribution in [1.82, 2.24) is 26.3 Å². The molecule has 13 nitrogen and oxygen atoms in total. The fourth-order valence-electron chi connectivity index (χ4n) is 6.95. The minimum atomic E-state index is -1.61. The van der Waals surface area contributed by atoms with E-state index in [9.17, 15) is 25.1 Å². The minimum Gasteiger partial charge on any atom is -0.488 e. The molecule has 59 heavy (non-hydrogen) atoms. The number of urea groups is 1. The molecule has 0 radical (unpaired) electrons. The number of carboxylic acid groups (broad SMARTS) is 1. The van der Waals surface area contributed by atoms with Gasteiger partial charge in [-0.1, -0.05) is 60.1 Å². The smallest absolute Gasteiger partial charge is 0.326 e. The van der Waals surface area contributed by atoms with Gasteiger partial charge < -0.3 is 35.6 Å². The summed E-state index contributed by atoms with van der Waals surface area (Å²) in [6.45, 7) is 6.36. The van der Waals surface area contributed by atoms with Crippen molar-refractivity contribution in [1.29, 1.82) is 10.5 Å². The molecular formula is C45H44ClN7O6. The van der Waals surface area contributed by atoms with Crippen LogP contribution in [0, 0.1) is 36.5 Å². The number of rotatable bonds is 15. The zero-order valence-corrected chi connectivity index (χ0v) is 33.6. The van der Waals surface area contributed by atoms with Gasteiger partial charge in [0.15, 0.2) is 0 Å². The second-order valence-electron chi connectivity index (χ2n) is 14.5. The quantitative estimate of drug-likeness (QED) is 0.0622. The molecule has 0 fully saturated rings. The third-order valence-electron chi connectivity index (χ3n) is 10.5. The molecule has 0 bridgehead atoms. The Hall–Kier alpha value is -6.48. The Balaban J connectivity index is 1.24. The Morgan fingerprint density at radius 2 is 1.69 bits per heavy atom. The zero-order chi connectivity index (χ0) is 42.1. The largest absolute Gasteiger partial charge is 0.488 e. The third-order valence-corrected chi connectivity index (χ3v) is 10.8. The van der Waals surface area contributed by atoms with E-state index in [1.807, 2.05) is 24.3 Å². The molecular weight excluding hydrogens is 770 g/mol. The highest BCUT2D eigenvalue weighted by Gasteiger charge is 2.32. The maximum Gasteiger partial charge on any atom is 0.326 e. The maximum atomic E-state index is 12.3. The number of amides is 2. The predicted molar refractivity (Wildman–Crippen MR) is 222 cm³/mol. The van der Waals surface area contributed by atoms with Crippen LogP contribution in [0.4, 0.5) is 4.79 Å². The van der Waals surface area contributed by atoms with Crippen LogP contribution in [0.1, 0.15) is 57.5 Å². The molecule has 4 aromatic carbocycles. The Bertz CT molecular complexity index is 2460. The summed E-state index contributed by atoms with van der Waals surface area (Å²) in [7, 11) is 0. The zero-order valence-electron chi connectivity index (χ0n) is 32.9. The molecule has 6 N–H and O–H groups in total. The number of halogens is 1. The summed E-state index contributed by atoms with van der Waals surface area (Å²) < 4.78 is 12.5. The lowest BCUT2D eigenvalue weighted by Crippen LogP contribution is -2.52. The highest BCUT2D eigenvalue weighted by molar-refractivity contribution is 6.32. The van der Waals surface area contributed by atoms with Gasteiger partial charge in [-0.3, -0.25) is 15.1 Å². The number of nitrogens with zero attached hydrogens (tertiary/aromatic N) is 3. The van der Waals surface area contributed by atoms with Gasteiger partial charge in [-0.05, 0) is 89.0 Å². The van der Waals surface area contributed by atoms with Crippen molar-refractivity contribution in [2.24, 2.45) is 0 Å². The first-order valence-corrected chi connectivity index (χ1v) is 19.3. The number of carbonyl (C=O) groups excluding carboxylic acids is 1. The Kier molecular flexibility index (Phi) is 13.5. The molecule has 0 saturated carbocycles. The predicted octanol–water partition coefficient (Wildman–Crippen LogP) is 6.61. The van der Waals surface area contributed by atoms with E-state index in [0.717, 1.165) is 50.1 Å². The summed E-state index contributed by atoms with van der Waals surface area (Å²) in [6, 6.07) is 27.0. The van der Waals surface area contributed by atoms with Crippen LogP contribution in [0.15, 0.2) is 85.2 Å². The number of aliphatic hydroxyl groups excluding tert-OH is 1. The van der Waals surface area contributed by atoms with Crippen molar-refractivity contribution in [2.45, 2.75) is 58.7 Å². The van der Waals surface area contributed by atoms with Crippen LogP contribution in [0.2, 0.25) is 5.02 Å². The lowest BCUT2D eigenvalue weighted by Gasteiger charge is -2.28. The number of pyridine rings is 1. The van der Waals surface area contributed by atoms with Crippen LogP contribution >= 0.6 is 11.6 Å². The average Bonchev–Trinajstić information content (AvgIpc) is 3.24. The topological polar surface area (TPSA) is 202 Å². The molecule has 0 spiro atoms. The molecule has 1 aliphatic rings. The maximum absolute atomic E-state index is 12.3. The number of hydrogen-bond acceptors (Lipinski definition) is 10. The van der Waals surface area contributed by atoms with Crippen LogP contribution in [-0.4, -0.2) is 52.4 Å². The first kappa shape index (κ1) is 42.1. The number of carboxylic acids is 1. The van der Waals surface area contributed by atoms with E-state index in [2.05, 4.69) is 82.6 Å². The van der Waals surface area contributed by atoms with Gasteiger partial charge in [0.25, 0.3) is 0 Å². The first-order chi connectivity index (χ1) is 28.4. The molecule has 0 aliphatic carbocycles. The Labute approximate surface area is 347 Å². The first-order valence-electron chi connectivity index (χ1n) is 18.9. The number of benzene rings is 4. The number of carbonyl (C=O) groups is 2. The van der Waals surface area contributed by atoms with Crippen molar-refractivity contribution in [3.63, 3.8) is 0 Å². The number of nitriles is 2. The number of aliphatic carboxylic acids is 1. The van der Waals surface area contributed by atoms with Gasteiger partial charge in [0, 0.05) is 49.2 Å². The summed E-state index contributed by atoms with van der Waals surface area (Å²) in [6.07, 6.45) is 3.05. The van der Waals surface area contributed by atoms with Gasteiger partial charge >= 0.3 is 12.0 Å². The van der Waals surface area contributed by atoms with E-state index in [0.29, 0.717) is 41.3 Å². The molecule has 1 aromatic heterocycles. The highest BCUT2D eigenvalue weighted by atomic mass is 35.5. The fraction of sp³-hybridized carbons (Fsp3) is 0.267. The van der Waals surface area contributed by atoms with Crippen molar-refractivity contribution in [3.8, 4) is 45.9 Å². The van der Waals surface area contributed by atoms with Gasteiger partial charge in [0.05, 0.1) is 29.3 Å². The van der Waals surface area contributed by atoms with Crippen LogP contribution in [0.3, 0.4) is 0 Å². The highest BCUT2D eigenvalue weighted by Crippen LogP contribution is 2.38. The normalized spacial score (nSPS) is 14.2. The number of aromatic nitrogens is 1. The van der Waals surface area contributed by atoms with E-state index >= 15 is 0 Å². The Morgan fingerprint density at radius 3 is 2.44 bits per heavy atom.